The molecule has 0 spiro atoms. The van der Waals surface area contributed by atoms with Crippen LogP contribution in [0.5, 0.6) is 5.75 Å². The van der Waals surface area contributed by atoms with Crippen LogP contribution in [0.25, 0.3) is 6.08 Å². The second-order valence-electron chi connectivity index (χ2n) is 9.31. The van der Waals surface area contributed by atoms with Crippen molar-refractivity contribution in [3.63, 3.8) is 0 Å². The van der Waals surface area contributed by atoms with E-state index in [9.17, 15) is 4.79 Å². The van der Waals surface area contributed by atoms with Gasteiger partial charge >= 0.3 is 5.97 Å². The van der Waals surface area contributed by atoms with Crippen LogP contribution in [0.1, 0.15) is 44.6 Å². The van der Waals surface area contributed by atoms with E-state index in [1.807, 2.05) is 91.0 Å². The molecule has 0 radical (unpaired) electrons. The van der Waals surface area contributed by atoms with Gasteiger partial charge in [0, 0.05) is 10.0 Å². The Morgan fingerprint density at radius 2 is 1.56 bits per heavy atom. The third-order valence-corrected chi connectivity index (χ3v) is 7.06. The molecule has 0 aliphatic heterocycles. The molecule has 0 bridgehead atoms. The highest BCUT2D eigenvalue weighted by molar-refractivity contribution is 9.10. The molecule has 4 rings (SSSR count). The van der Waals surface area contributed by atoms with Gasteiger partial charge in [-0.05, 0) is 84.3 Å². The zero-order valence-electron chi connectivity index (χ0n) is 21.8. The van der Waals surface area contributed by atoms with Crippen molar-refractivity contribution in [2.45, 2.75) is 25.9 Å². The Labute approximate surface area is 238 Å². The fourth-order valence-corrected chi connectivity index (χ4v) is 4.56. The van der Waals surface area contributed by atoms with E-state index in [0.29, 0.717) is 17.7 Å². The Hall–Kier alpha value is -4.14. The molecule has 0 aromatic heterocycles. The molecular weight excluding hydrogens is 550 g/mol. The molecule has 1 unspecified atom stereocenters. The van der Waals surface area contributed by atoms with Gasteiger partial charge in [-0.1, -0.05) is 82.7 Å². The summed E-state index contributed by atoms with van der Waals surface area (Å²) in [7, 11) is 1.39. The van der Waals surface area contributed by atoms with Crippen molar-refractivity contribution in [1.82, 2.24) is 0 Å². The van der Waals surface area contributed by atoms with E-state index in [1.165, 1.54) is 12.7 Å². The summed E-state index contributed by atoms with van der Waals surface area (Å²) in [6.45, 7) is 0.493. The quantitative estimate of drug-likeness (QED) is 0.168. The van der Waals surface area contributed by atoms with Gasteiger partial charge in [0.2, 0.25) is 0 Å². The van der Waals surface area contributed by atoms with Crippen LogP contribution in [0.3, 0.4) is 0 Å². The first-order chi connectivity index (χ1) is 19.0. The summed E-state index contributed by atoms with van der Waals surface area (Å²) in [5.41, 5.74) is 5.69. The lowest BCUT2D eigenvalue weighted by atomic mass is 9.91. The number of benzene rings is 4. The predicted molar refractivity (Wildman–Crippen MR) is 158 cm³/mol. The molecule has 0 saturated carbocycles. The molecule has 4 aromatic carbocycles. The lowest BCUT2D eigenvalue weighted by molar-refractivity contribution is 0.0600. The van der Waals surface area contributed by atoms with E-state index in [0.717, 1.165) is 46.2 Å². The molecule has 0 fully saturated rings. The number of rotatable bonds is 11. The number of methoxy groups -OCH3 is 1. The standard InChI is InChI=1S/C34H30BrNO3/c1-38-34(37)31-18-13-27(14-19-31)22-26(9-6-25-7-10-28(23-36)11-8-25)12-17-30-4-2-3-5-33(30)39-24-29-15-20-32(35)21-16-29/h2-5,7-8,10-21,26H,6,9,22,24H2,1H3. The molecule has 0 saturated heterocycles. The number of nitrogens with zero attached hydrogens (tertiary/aromatic N) is 1. The van der Waals surface area contributed by atoms with Crippen molar-refractivity contribution in [2.24, 2.45) is 5.92 Å². The number of carbonyl (C=O) groups excluding carboxylic acids is 1. The zero-order chi connectivity index (χ0) is 27.5. The predicted octanol–water partition coefficient (Wildman–Crippen LogP) is 8.19. The first-order valence-corrected chi connectivity index (χ1v) is 13.6. The SMILES string of the molecule is COC(=O)c1ccc(CC(C=Cc2ccccc2OCc2ccc(Br)cc2)CCc2ccc(C#N)cc2)cc1. The molecule has 196 valence electrons. The van der Waals surface area contributed by atoms with E-state index >= 15 is 0 Å². The van der Waals surface area contributed by atoms with Crippen molar-refractivity contribution in [3.05, 3.63) is 141 Å². The van der Waals surface area contributed by atoms with Crippen molar-refractivity contribution >= 4 is 28.0 Å². The minimum absolute atomic E-state index is 0.254. The molecule has 0 N–H and O–H groups in total. The number of halogens is 1. The molecule has 0 aliphatic carbocycles. The highest BCUT2D eigenvalue weighted by atomic mass is 79.9. The average Bonchev–Trinajstić information content (AvgIpc) is 2.99. The van der Waals surface area contributed by atoms with Crippen molar-refractivity contribution in [1.29, 1.82) is 5.26 Å². The largest absolute Gasteiger partial charge is 0.488 e. The number of esters is 1. The van der Waals surface area contributed by atoms with E-state index in [1.54, 1.807) is 0 Å². The number of hydrogen-bond acceptors (Lipinski definition) is 4. The van der Waals surface area contributed by atoms with E-state index in [-0.39, 0.29) is 11.9 Å². The Morgan fingerprint density at radius 3 is 2.26 bits per heavy atom. The van der Waals surface area contributed by atoms with Crippen LogP contribution in [-0.2, 0) is 24.2 Å². The number of hydrogen-bond donors (Lipinski definition) is 0. The smallest absolute Gasteiger partial charge is 0.337 e. The molecule has 5 heteroatoms. The van der Waals surface area contributed by atoms with Crippen LogP contribution >= 0.6 is 15.9 Å². The summed E-state index contributed by atoms with van der Waals surface area (Å²) in [6, 6.07) is 33.8. The Bertz CT molecular complexity index is 1440. The zero-order valence-corrected chi connectivity index (χ0v) is 23.4. The minimum Gasteiger partial charge on any atom is -0.488 e. The lowest BCUT2D eigenvalue weighted by Gasteiger charge is -2.15. The Kier molecular flexibility index (Phi) is 10.1. The van der Waals surface area contributed by atoms with Gasteiger partial charge in [-0.15, -0.1) is 0 Å². The summed E-state index contributed by atoms with van der Waals surface area (Å²) < 4.78 is 12.0. The monoisotopic (exact) mass is 579 g/mol. The lowest BCUT2D eigenvalue weighted by Crippen LogP contribution is -2.05. The molecular formula is C34H30BrNO3. The molecule has 0 aliphatic rings. The topological polar surface area (TPSA) is 59.3 Å². The van der Waals surface area contributed by atoms with Gasteiger partial charge in [-0.2, -0.15) is 5.26 Å². The third-order valence-electron chi connectivity index (χ3n) is 6.53. The van der Waals surface area contributed by atoms with E-state index in [2.05, 4.69) is 40.2 Å². The second-order valence-corrected chi connectivity index (χ2v) is 10.2. The minimum atomic E-state index is -0.335. The summed E-state index contributed by atoms with van der Waals surface area (Å²) in [5.74, 6) is 0.757. The highest BCUT2D eigenvalue weighted by Crippen LogP contribution is 2.25. The summed E-state index contributed by atoms with van der Waals surface area (Å²) in [5, 5.41) is 9.09. The highest BCUT2D eigenvalue weighted by Gasteiger charge is 2.11. The van der Waals surface area contributed by atoms with Gasteiger partial charge in [0.1, 0.15) is 12.4 Å². The van der Waals surface area contributed by atoms with Crippen molar-refractivity contribution in [3.8, 4) is 11.8 Å². The Balaban J connectivity index is 1.50. The van der Waals surface area contributed by atoms with Gasteiger partial charge in [0.15, 0.2) is 0 Å². The van der Waals surface area contributed by atoms with Crippen LogP contribution < -0.4 is 4.74 Å². The van der Waals surface area contributed by atoms with Crippen molar-refractivity contribution in [2.75, 3.05) is 7.11 Å². The summed E-state index contributed by atoms with van der Waals surface area (Å²) >= 11 is 3.47. The summed E-state index contributed by atoms with van der Waals surface area (Å²) in [4.78, 5) is 11.8. The summed E-state index contributed by atoms with van der Waals surface area (Å²) in [6.07, 6.45) is 7.05. The molecule has 0 heterocycles. The third kappa shape index (κ3) is 8.43. The molecule has 4 aromatic rings. The maximum atomic E-state index is 11.8. The number of nitriles is 1. The van der Waals surface area contributed by atoms with Crippen LogP contribution in [-0.4, -0.2) is 13.1 Å². The number of ether oxygens (including phenoxy) is 2. The van der Waals surface area contributed by atoms with Gasteiger partial charge in [0.05, 0.1) is 24.3 Å². The number of aryl methyl sites for hydroxylation is 1. The first kappa shape index (κ1) is 27.9. The molecule has 1 atom stereocenters. The van der Waals surface area contributed by atoms with Crippen LogP contribution in [0.15, 0.2) is 108 Å². The number of allylic oxidation sites excluding steroid dienone is 1. The average molecular weight is 581 g/mol. The van der Waals surface area contributed by atoms with E-state index < -0.39 is 0 Å². The first-order valence-electron chi connectivity index (χ1n) is 12.8. The van der Waals surface area contributed by atoms with Crippen LogP contribution in [0.2, 0.25) is 0 Å². The maximum Gasteiger partial charge on any atom is 0.337 e. The van der Waals surface area contributed by atoms with Gasteiger partial charge < -0.3 is 9.47 Å². The van der Waals surface area contributed by atoms with Crippen molar-refractivity contribution < 1.29 is 14.3 Å². The number of para-hydroxylation sites is 1. The van der Waals surface area contributed by atoms with Crippen LogP contribution in [0, 0.1) is 17.2 Å². The van der Waals surface area contributed by atoms with Gasteiger partial charge in [-0.25, -0.2) is 4.79 Å². The van der Waals surface area contributed by atoms with Crippen LogP contribution in [0.4, 0.5) is 0 Å². The second kappa shape index (κ2) is 14.1. The van der Waals surface area contributed by atoms with Gasteiger partial charge in [-0.3, -0.25) is 0 Å². The molecule has 39 heavy (non-hydrogen) atoms. The van der Waals surface area contributed by atoms with Gasteiger partial charge in [0.25, 0.3) is 0 Å². The molecule has 0 amide bonds. The Morgan fingerprint density at radius 1 is 0.897 bits per heavy atom. The fourth-order valence-electron chi connectivity index (χ4n) is 4.29. The fraction of sp³-hybridized carbons (Fsp3) is 0.176. The molecule has 4 nitrogen and oxygen atoms in total. The number of carbonyl (C=O) groups is 1. The normalized spacial score (nSPS) is 11.6. The maximum absolute atomic E-state index is 11.8. The van der Waals surface area contributed by atoms with E-state index in [4.69, 9.17) is 14.7 Å².